The summed E-state index contributed by atoms with van der Waals surface area (Å²) in [7, 11) is 0. The van der Waals surface area contributed by atoms with Crippen molar-refractivity contribution in [3.05, 3.63) is 178 Å². The molecule has 0 saturated carbocycles. The lowest BCUT2D eigenvalue weighted by Crippen LogP contribution is -2.17. The lowest BCUT2D eigenvalue weighted by molar-refractivity contribution is 0.834. The molecule has 38 heavy (non-hydrogen) atoms. The second-order valence-corrected chi connectivity index (χ2v) is 10.8. The largest absolute Gasteiger partial charge is 0.0622 e. The van der Waals surface area contributed by atoms with Gasteiger partial charge < -0.3 is 0 Å². The summed E-state index contributed by atoms with van der Waals surface area (Å²) >= 11 is 0. The quantitative estimate of drug-likeness (QED) is 0.268. The fourth-order valence-electron chi connectivity index (χ4n) is 7.65. The van der Waals surface area contributed by atoms with Crippen LogP contribution >= 0.6 is 0 Å². The summed E-state index contributed by atoms with van der Waals surface area (Å²) in [5.74, 6) is 0.542. The molecular weight excluding hydrogens is 456 g/mol. The number of fused-ring (bicyclic) bond motifs is 5. The summed E-state index contributed by atoms with van der Waals surface area (Å²) in [5.41, 5.74) is 16.9. The van der Waals surface area contributed by atoms with Crippen molar-refractivity contribution >= 4 is 33.1 Å². The van der Waals surface area contributed by atoms with Crippen molar-refractivity contribution in [2.24, 2.45) is 11.8 Å². The van der Waals surface area contributed by atoms with Crippen LogP contribution in [0.3, 0.4) is 0 Å². The molecule has 4 aromatic rings. The lowest BCUT2D eigenvalue weighted by Gasteiger charge is -2.33. The van der Waals surface area contributed by atoms with Crippen LogP contribution < -0.4 is 0 Å². The van der Waals surface area contributed by atoms with Crippen LogP contribution in [0.1, 0.15) is 22.3 Å². The second-order valence-electron chi connectivity index (χ2n) is 10.8. The van der Waals surface area contributed by atoms with Crippen molar-refractivity contribution in [1.29, 1.82) is 0 Å². The van der Waals surface area contributed by atoms with Gasteiger partial charge in [0, 0.05) is 11.8 Å². The van der Waals surface area contributed by atoms with Crippen LogP contribution in [-0.4, -0.2) is 0 Å². The van der Waals surface area contributed by atoms with Gasteiger partial charge in [0.1, 0.15) is 0 Å². The predicted octanol–water partition coefficient (Wildman–Crippen LogP) is 9.22. The maximum absolute atomic E-state index is 2.40. The normalized spacial score (nSPS) is 22.0. The van der Waals surface area contributed by atoms with Gasteiger partial charge in [-0.2, -0.15) is 0 Å². The molecule has 0 radical (unpaired) electrons. The first-order chi connectivity index (χ1) is 18.9. The minimum absolute atomic E-state index is 0.215. The molecule has 0 fully saturated rings. The Morgan fingerprint density at radius 2 is 1.16 bits per heavy atom. The molecule has 5 aliphatic carbocycles. The Hall–Kier alpha value is -4.68. The molecule has 0 bridgehead atoms. The highest BCUT2D eigenvalue weighted by Gasteiger charge is 2.48. The lowest BCUT2D eigenvalue weighted by atomic mass is 9.69. The summed E-state index contributed by atoms with van der Waals surface area (Å²) in [5, 5.41) is 2.71. The second kappa shape index (κ2) is 7.43. The summed E-state index contributed by atoms with van der Waals surface area (Å²) in [6.45, 7) is 0. The van der Waals surface area contributed by atoms with Crippen LogP contribution in [0.15, 0.2) is 156 Å². The highest BCUT2D eigenvalue weighted by atomic mass is 14.5. The fourth-order valence-corrected chi connectivity index (χ4v) is 7.65. The minimum atomic E-state index is 0.215. The van der Waals surface area contributed by atoms with E-state index >= 15 is 0 Å². The van der Waals surface area contributed by atoms with E-state index < -0.39 is 0 Å². The molecule has 5 aliphatic rings. The molecule has 0 aliphatic heterocycles. The smallest absolute Gasteiger partial charge is 0.0333 e. The predicted molar refractivity (Wildman–Crippen MR) is 159 cm³/mol. The van der Waals surface area contributed by atoms with Crippen LogP contribution in [0.5, 0.6) is 0 Å². The van der Waals surface area contributed by atoms with E-state index in [9.17, 15) is 0 Å². The van der Waals surface area contributed by atoms with Gasteiger partial charge in [-0.25, -0.2) is 0 Å². The van der Waals surface area contributed by atoms with Crippen molar-refractivity contribution in [3.8, 4) is 0 Å². The molecule has 0 heteroatoms. The molecule has 9 rings (SSSR count). The zero-order valence-electron chi connectivity index (χ0n) is 20.9. The third-order valence-corrected chi connectivity index (χ3v) is 8.97. The first kappa shape index (κ1) is 20.4. The molecule has 0 spiro atoms. The average Bonchev–Trinajstić information content (AvgIpc) is 3.49. The van der Waals surface area contributed by atoms with Gasteiger partial charge in [-0.1, -0.05) is 134 Å². The van der Waals surface area contributed by atoms with E-state index in [0.717, 1.165) is 0 Å². The molecule has 2 unspecified atom stereocenters. The Morgan fingerprint density at radius 3 is 1.92 bits per heavy atom. The Bertz CT molecular complexity index is 1930. The van der Waals surface area contributed by atoms with E-state index in [1.807, 2.05) is 0 Å². The molecule has 0 heterocycles. The number of allylic oxidation sites excluding steroid dienone is 14. The van der Waals surface area contributed by atoms with Crippen molar-refractivity contribution in [2.45, 2.75) is 0 Å². The summed E-state index contributed by atoms with van der Waals surface area (Å²) in [6, 6.07) is 35.9. The summed E-state index contributed by atoms with van der Waals surface area (Å²) in [4.78, 5) is 0. The van der Waals surface area contributed by atoms with Gasteiger partial charge in [0.05, 0.1) is 0 Å². The van der Waals surface area contributed by atoms with E-state index in [-0.39, 0.29) is 5.92 Å². The molecule has 0 saturated heterocycles. The van der Waals surface area contributed by atoms with Crippen LogP contribution in [-0.2, 0) is 0 Å². The highest BCUT2D eigenvalue weighted by molar-refractivity contribution is 6.36. The zero-order valence-corrected chi connectivity index (χ0v) is 20.9. The molecule has 0 N–H and O–H groups in total. The Morgan fingerprint density at radius 1 is 0.474 bits per heavy atom. The molecule has 4 aromatic carbocycles. The van der Waals surface area contributed by atoms with Gasteiger partial charge in [-0.3, -0.25) is 0 Å². The summed E-state index contributed by atoms with van der Waals surface area (Å²) < 4.78 is 0. The molecule has 0 aromatic heterocycles. The molecule has 2 atom stereocenters. The van der Waals surface area contributed by atoms with E-state index in [1.54, 1.807) is 0 Å². The van der Waals surface area contributed by atoms with Crippen molar-refractivity contribution in [1.82, 2.24) is 0 Å². The minimum Gasteiger partial charge on any atom is -0.0622 e. The Labute approximate surface area is 222 Å². The maximum Gasteiger partial charge on any atom is 0.0333 e. The third kappa shape index (κ3) is 2.50. The number of rotatable bonds is 2. The van der Waals surface area contributed by atoms with E-state index in [0.29, 0.717) is 5.92 Å². The van der Waals surface area contributed by atoms with Gasteiger partial charge in [-0.15, -0.1) is 0 Å². The van der Waals surface area contributed by atoms with Crippen LogP contribution in [0.4, 0.5) is 0 Å². The van der Waals surface area contributed by atoms with Crippen LogP contribution in [0.25, 0.3) is 33.1 Å². The van der Waals surface area contributed by atoms with Crippen molar-refractivity contribution in [3.63, 3.8) is 0 Å². The average molecular weight is 481 g/mol. The Balaban J connectivity index is 1.52. The SMILES string of the molecule is C1=CC2=CC=CC3=C4C(c5ccccc5)=C5C(=C(c6ccccc6)C4C(=C1)C23)c1cccc2cccc5c12. The molecule has 0 amide bonds. The Kier molecular flexibility index (Phi) is 3.99. The number of hydrogen-bond acceptors (Lipinski definition) is 0. The maximum atomic E-state index is 2.40. The van der Waals surface area contributed by atoms with Gasteiger partial charge in [0.2, 0.25) is 0 Å². The highest BCUT2D eigenvalue weighted by Crippen LogP contribution is 2.65. The van der Waals surface area contributed by atoms with Crippen LogP contribution in [0, 0.1) is 11.8 Å². The van der Waals surface area contributed by atoms with Gasteiger partial charge in [0.25, 0.3) is 0 Å². The molecule has 0 nitrogen and oxygen atoms in total. The number of benzene rings is 4. The van der Waals surface area contributed by atoms with Crippen LogP contribution in [0.2, 0.25) is 0 Å². The van der Waals surface area contributed by atoms with Gasteiger partial charge in [-0.05, 0) is 77.6 Å². The van der Waals surface area contributed by atoms with Crippen molar-refractivity contribution in [2.75, 3.05) is 0 Å². The zero-order chi connectivity index (χ0) is 24.8. The van der Waals surface area contributed by atoms with Gasteiger partial charge >= 0.3 is 0 Å². The fraction of sp³-hybridized carbons (Fsp3) is 0.0526. The molecular formula is C38H24. The van der Waals surface area contributed by atoms with E-state index in [1.165, 1.54) is 77.6 Å². The van der Waals surface area contributed by atoms with E-state index in [2.05, 4.69) is 134 Å². The third-order valence-electron chi connectivity index (χ3n) is 8.97. The van der Waals surface area contributed by atoms with Crippen molar-refractivity contribution < 1.29 is 0 Å². The first-order valence-corrected chi connectivity index (χ1v) is 13.5. The number of hydrogen-bond donors (Lipinski definition) is 0. The monoisotopic (exact) mass is 480 g/mol. The van der Waals surface area contributed by atoms with Gasteiger partial charge in [0.15, 0.2) is 0 Å². The molecule has 176 valence electrons. The topological polar surface area (TPSA) is 0 Å². The first-order valence-electron chi connectivity index (χ1n) is 13.5. The van der Waals surface area contributed by atoms with E-state index in [4.69, 9.17) is 0 Å². The standard InChI is InChI=1S/C38H24/c1-3-11-25(12-4-1)33-35-27-19-7-15-23-17-9-21-29(31(23)27)37(35)34(26-13-5-2-6-14-26)38-30-22-10-18-24-16-8-20-28(32(24)30)36(33)38/h1-22,31,35H. The summed E-state index contributed by atoms with van der Waals surface area (Å²) in [6.07, 6.45) is 13.9.